The molecule has 0 bridgehead atoms. The van der Waals surface area contributed by atoms with Crippen LogP contribution in [0, 0.1) is 11.7 Å². The van der Waals surface area contributed by atoms with Gasteiger partial charge in [0.25, 0.3) is 0 Å². The average molecular weight is 450 g/mol. The number of aromatic carboxylic acids is 1. The number of fused-ring (bicyclic) bond motifs is 2. The van der Waals surface area contributed by atoms with Gasteiger partial charge in [0.1, 0.15) is 18.0 Å². The Labute approximate surface area is 181 Å². The third-order valence-electron chi connectivity index (χ3n) is 5.93. The molecule has 0 radical (unpaired) electrons. The molecule has 2 aliphatic rings. The van der Waals surface area contributed by atoms with Crippen molar-refractivity contribution in [2.75, 3.05) is 31.1 Å². The molecule has 0 unspecified atom stereocenters. The molecule has 1 aromatic heterocycles. The third-order valence-corrected chi connectivity index (χ3v) is 6.30. The molecule has 0 aliphatic carbocycles. The molecule has 4 rings (SSSR count). The van der Waals surface area contributed by atoms with Crippen LogP contribution in [0.15, 0.2) is 29.7 Å². The Kier molecular flexibility index (Phi) is 5.62. The number of nitrogens with one attached hydrogen (secondary N) is 1. The molecule has 1 amide bonds. The van der Waals surface area contributed by atoms with Gasteiger partial charge in [-0.05, 0) is 24.8 Å². The van der Waals surface area contributed by atoms with Crippen molar-refractivity contribution < 1.29 is 23.8 Å². The molecule has 10 heteroatoms. The standard InChI is InChI=1S/C21H21ClFN3O5/c1-2-6-31-21(30)26-5-3-4-11-9-25(10-15(11)26)18-14(23)7-12-17(16(18)22)24-8-13(19(12)27)20(28)29/h2,7-8,11,15H,1,3-6,9-10H2,(H,24,27)(H,28,29)/t11-,15+/m0/s1. The molecule has 2 saturated heterocycles. The Balaban J connectivity index is 1.69. The van der Waals surface area contributed by atoms with Crippen LogP contribution >= 0.6 is 11.6 Å². The third kappa shape index (κ3) is 3.63. The zero-order valence-corrected chi connectivity index (χ0v) is 17.3. The van der Waals surface area contributed by atoms with E-state index in [0.29, 0.717) is 19.6 Å². The van der Waals surface area contributed by atoms with Crippen LogP contribution < -0.4 is 10.3 Å². The number of anilines is 1. The summed E-state index contributed by atoms with van der Waals surface area (Å²) in [6.45, 7) is 5.09. The molecule has 1 aromatic carbocycles. The Morgan fingerprint density at radius 3 is 2.90 bits per heavy atom. The number of benzene rings is 1. The van der Waals surface area contributed by atoms with Crippen molar-refractivity contribution in [2.45, 2.75) is 18.9 Å². The van der Waals surface area contributed by atoms with E-state index in [-0.39, 0.29) is 40.2 Å². The topological polar surface area (TPSA) is 103 Å². The van der Waals surface area contributed by atoms with Gasteiger partial charge in [0.15, 0.2) is 0 Å². The lowest BCUT2D eigenvalue weighted by molar-refractivity contribution is 0.0693. The van der Waals surface area contributed by atoms with Gasteiger partial charge in [-0.3, -0.25) is 4.79 Å². The zero-order chi connectivity index (χ0) is 22.3. The number of carbonyl (C=O) groups excluding carboxylic acids is 1. The molecular formula is C21H21ClFN3O5. The van der Waals surface area contributed by atoms with E-state index in [1.807, 2.05) is 0 Å². The summed E-state index contributed by atoms with van der Waals surface area (Å²) >= 11 is 6.48. The monoisotopic (exact) mass is 449 g/mol. The predicted octanol–water partition coefficient (Wildman–Crippen LogP) is 3.24. The van der Waals surface area contributed by atoms with Crippen LogP contribution in [0.25, 0.3) is 10.9 Å². The maximum Gasteiger partial charge on any atom is 0.410 e. The van der Waals surface area contributed by atoms with Gasteiger partial charge in [0, 0.05) is 25.8 Å². The minimum Gasteiger partial charge on any atom is -0.477 e. The number of hydrogen-bond acceptors (Lipinski definition) is 5. The maximum atomic E-state index is 15.1. The van der Waals surface area contributed by atoms with E-state index >= 15 is 4.39 Å². The number of H-pyrrole nitrogens is 1. The summed E-state index contributed by atoms with van der Waals surface area (Å²) in [6, 6.07) is 0.866. The number of piperidine rings is 1. The first-order valence-electron chi connectivity index (χ1n) is 9.89. The fraction of sp³-hybridized carbons (Fsp3) is 0.381. The Hall–Kier alpha value is -3.07. The van der Waals surface area contributed by atoms with Crippen LogP contribution in [0.3, 0.4) is 0 Å². The second-order valence-corrected chi connectivity index (χ2v) is 8.09. The fourth-order valence-corrected chi connectivity index (χ4v) is 4.90. The normalized spacial score (nSPS) is 20.6. The van der Waals surface area contributed by atoms with Crippen molar-refractivity contribution in [3.8, 4) is 0 Å². The first-order valence-corrected chi connectivity index (χ1v) is 10.3. The van der Waals surface area contributed by atoms with E-state index in [2.05, 4.69) is 11.6 Å². The minimum absolute atomic E-state index is 0.00321. The molecular weight excluding hydrogens is 429 g/mol. The predicted molar refractivity (Wildman–Crippen MR) is 113 cm³/mol. The number of halogens is 2. The molecule has 0 spiro atoms. The fourth-order valence-electron chi connectivity index (χ4n) is 4.54. The van der Waals surface area contributed by atoms with Crippen LogP contribution in [0.4, 0.5) is 14.9 Å². The smallest absolute Gasteiger partial charge is 0.410 e. The molecule has 2 aliphatic heterocycles. The molecule has 31 heavy (non-hydrogen) atoms. The highest BCUT2D eigenvalue weighted by molar-refractivity contribution is 6.37. The summed E-state index contributed by atoms with van der Waals surface area (Å²) in [7, 11) is 0. The van der Waals surface area contributed by atoms with Gasteiger partial charge in [0.2, 0.25) is 5.43 Å². The van der Waals surface area contributed by atoms with Crippen LogP contribution in [0.2, 0.25) is 5.02 Å². The van der Waals surface area contributed by atoms with Gasteiger partial charge in [-0.25, -0.2) is 14.0 Å². The number of aromatic nitrogens is 1. The number of ether oxygens (including phenoxy) is 1. The molecule has 2 N–H and O–H groups in total. The number of carbonyl (C=O) groups is 2. The summed E-state index contributed by atoms with van der Waals surface area (Å²) in [4.78, 5) is 42.2. The van der Waals surface area contributed by atoms with Crippen molar-refractivity contribution in [3.63, 3.8) is 0 Å². The summed E-state index contributed by atoms with van der Waals surface area (Å²) < 4.78 is 20.3. The van der Waals surface area contributed by atoms with Gasteiger partial charge >= 0.3 is 12.1 Å². The largest absolute Gasteiger partial charge is 0.477 e. The van der Waals surface area contributed by atoms with Crippen LogP contribution in [-0.4, -0.2) is 59.3 Å². The number of amides is 1. The van der Waals surface area contributed by atoms with Crippen molar-refractivity contribution in [2.24, 2.45) is 5.92 Å². The average Bonchev–Trinajstić information content (AvgIpc) is 3.16. The second-order valence-electron chi connectivity index (χ2n) is 7.71. The van der Waals surface area contributed by atoms with Gasteiger partial charge in [-0.2, -0.15) is 0 Å². The van der Waals surface area contributed by atoms with Crippen LogP contribution in [0.5, 0.6) is 0 Å². The van der Waals surface area contributed by atoms with E-state index < -0.39 is 28.9 Å². The van der Waals surface area contributed by atoms with E-state index in [9.17, 15) is 14.4 Å². The zero-order valence-electron chi connectivity index (χ0n) is 16.6. The lowest BCUT2D eigenvalue weighted by Gasteiger charge is -2.35. The summed E-state index contributed by atoms with van der Waals surface area (Å²) in [5, 5.41) is 9.01. The van der Waals surface area contributed by atoms with Gasteiger partial charge < -0.3 is 24.6 Å². The SMILES string of the molecule is C=CCOC(=O)N1CCC[C@H]2CN(c3c(F)cc4c(=O)c(C(=O)O)c[nH]c4c3Cl)C[C@H]21. The molecule has 3 heterocycles. The molecule has 2 atom stereocenters. The van der Waals surface area contributed by atoms with E-state index in [4.69, 9.17) is 21.4 Å². The van der Waals surface area contributed by atoms with Crippen LogP contribution in [0.1, 0.15) is 23.2 Å². The van der Waals surface area contributed by atoms with Crippen molar-refractivity contribution in [3.05, 3.63) is 51.5 Å². The number of carboxylic acids is 1. The molecule has 8 nitrogen and oxygen atoms in total. The van der Waals surface area contributed by atoms with E-state index in [0.717, 1.165) is 25.1 Å². The maximum absolute atomic E-state index is 15.1. The number of pyridine rings is 1. The first kappa shape index (κ1) is 21.2. The number of aromatic amines is 1. The highest BCUT2D eigenvalue weighted by Crippen LogP contribution is 2.40. The van der Waals surface area contributed by atoms with E-state index in [1.165, 1.54) is 6.08 Å². The lowest BCUT2D eigenvalue weighted by atomic mass is 9.92. The quantitative estimate of drug-likeness (QED) is 0.694. The van der Waals surface area contributed by atoms with Gasteiger partial charge in [-0.1, -0.05) is 24.3 Å². The Bertz CT molecular complexity index is 1130. The Morgan fingerprint density at radius 2 is 2.19 bits per heavy atom. The molecule has 2 aromatic rings. The summed E-state index contributed by atoms with van der Waals surface area (Å²) in [5.41, 5.74) is -0.997. The van der Waals surface area contributed by atoms with Gasteiger partial charge in [-0.15, -0.1) is 0 Å². The number of rotatable bonds is 4. The first-order chi connectivity index (χ1) is 14.8. The molecule has 0 saturated carbocycles. The number of hydrogen-bond donors (Lipinski definition) is 2. The van der Waals surface area contributed by atoms with Crippen molar-refractivity contribution in [1.29, 1.82) is 0 Å². The van der Waals surface area contributed by atoms with Crippen molar-refractivity contribution >= 4 is 40.3 Å². The highest BCUT2D eigenvalue weighted by Gasteiger charge is 2.43. The molecule has 164 valence electrons. The highest BCUT2D eigenvalue weighted by atomic mass is 35.5. The summed E-state index contributed by atoms with van der Waals surface area (Å²) in [6.07, 6.45) is 3.84. The number of nitrogens with zero attached hydrogens (tertiary/aromatic N) is 2. The number of carboxylic acid groups (broad SMARTS) is 1. The lowest BCUT2D eigenvalue weighted by Crippen LogP contribution is -2.48. The van der Waals surface area contributed by atoms with Gasteiger partial charge in [0.05, 0.1) is 27.7 Å². The summed E-state index contributed by atoms with van der Waals surface area (Å²) in [5.74, 6) is -1.99. The van der Waals surface area contributed by atoms with Crippen LogP contribution in [-0.2, 0) is 4.74 Å². The number of likely N-dealkylation sites (tertiary alicyclic amines) is 1. The van der Waals surface area contributed by atoms with Crippen molar-refractivity contribution in [1.82, 2.24) is 9.88 Å². The van der Waals surface area contributed by atoms with E-state index in [1.54, 1.807) is 9.80 Å². The minimum atomic E-state index is -1.41. The second kappa shape index (κ2) is 8.22. The molecule has 2 fully saturated rings. The Morgan fingerprint density at radius 1 is 1.42 bits per heavy atom.